The molecule has 1 aromatic heterocycles. The predicted octanol–water partition coefficient (Wildman–Crippen LogP) is 4.28. The van der Waals surface area contributed by atoms with Gasteiger partial charge in [-0.25, -0.2) is 9.07 Å². The van der Waals surface area contributed by atoms with Gasteiger partial charge in [-0.2, -0.15) is 5.10 Å². The topological polar surface area (TPSA) is 59.4 Å². The van der Waals surface area contributed by atoms with Crippen molar-refractivity contribution in [2.24, 2.45) is 0 Å². The minimum atomic E-state index is -0.368. The van der Waals surface area contributed by atoms with Crippen LogP contribution in [-0.2, 0) is 9.53 Å². The quantitative estimate of drug-likeness (QED) is 0.626. The van der Waals surface area contributed by atoms with E-state index in [-0.39, 0.29) is 23.9 Å². The summed E-state index contributed by atoms with van der Waals surface area (Å²) < 4.78 is 22.1. The molecule has 0 saturated carbocycles. The number of carbonyl (C=O) groups excluding carboxylic acids is 1. The molecule has 2 atom stereocenters. The summed E-state index contributed by atoms with van der Waals surface area (Å²) in [5, 5.41) is 7.00. The molecule has 1 fully saturated rings. The second-order valence-electron chi connectivity index (χ2n) is 7.70. The highest BCUT2D eigenvalue weighted by Gasteiger charge is 2.24. The van der Waals surface area contributed by atoms with Crippen LogP contribution in [0.4, 0.5) is 15.8 Å². The van der Waals surface area contributed by atoms with E-state index < -0.39 is 0 Å². The summed E-state index contributed by atoms with van der Waals surface area (Å²) in [5.41, 5.74) is 2.65. The van der Waals surface area contributed by atoms with E-state index in [9.17, 15) is 9.18 Å². The van der Waals surface area contributed by atoms with E-state index in [0.29, 0.717) is 24.5 Å². The summed E-state index contributed by atoms with van der Waals surface area (Å²) >= 11 is 0. The zero-order chi connectivity index (χ0) is 21.8. The van der Waals surface area contributed by atoms with Crippen LogP contribution in [0.1, 0.15) is 19.4 Å². The average molecular weight is 420 g/mol. The highest BCUT2D eigenvalue weighted by Crippen LogP contribution is 2.26. The van der Waals surface area contributed by atoms with E-state index in [1.54, 1.807) is 29.1 Å². The molecule has 1 saturated heterocycles. The van der Waals surface area contributed by atoms with Crippen molar-refractivity contribution in [1.29, 1.82) is 0 Å². The molecule has 4 rings (SSSR count). The van der Waals surface area contributed by atoms with Crippen LogP contribution in [-0.4, -0.2) is 41.0 Å². The maximum Gasteiger partial charge on any atom is 0.248 e. The fraction of sp³-hybridized carbons (Fsp3) is 0.250. The average Bonchev–Trinajstić information content (AvgIpc) is 3.21. The van der Waals surface area contributed by atoms with Gasteiger partial charge in [0.1, 0.15) is 5.82 Å². The van der Waals surface area contributed by atoms with Crippen molar-refractivity contribution in [1.82, 2.24) is 9.78 Å². The third-order valence-corrected chi connectivity index (χ3v) is 5.03. The Morgan fingerprint density at radius 3 is 2.61 bits per heavy atom. The van der Waals surface area contributed by atoms with E-state index >= 15 is 0 Å². The number of para-hydroxylation sites is 1. The van der Waals surface area contributed by atoms with Crippen LogP contribution in [0.3, 0.4) is 0 Å². The maximum absolute atomic E-state index is 14.7. The minimum Gasteiger partial charge on any atom is -0.372 e. The Kier molecular flexibility index (Phi) is 6.13. The standard InChI is InChI=1S/C24H25FN4O2/c1-17-14-28(15-18(2)31-17)23-10-9-20(12-22(23)25)27-24(30)11-8-19-13-26-29(16-19)21-6-4-3-5-7-21/h3-13,16-18H,14-15H2,1-2H3,(H,27,30)/b11-8+. The van der Waals surface area contributed by atoms with Crippen LogP contribution in [0.5, 0.6) is 0 Å². The molecule has 3 aromatic rings. The smallest absolute Gasteiger partial charge is 0.248 e. The Morgan fingerprint density at radius 1 is 1.16 bits per heavy atom. The van der Waals surface area contributed by atoms with Gasteiger partial charge in [0.15, 0.2) is 0 Å². The maximum atomic E-state index is 14.7. The van der Waals surface area contributed by atoms with Crippen LogP contribution in [0, 0.1) is 5.82 Å². The van der Waals surface area contributed by atoms with Gasteiger partial charge in [0.25, 0.3) is 0 Å². The SMILES string of the molecule is CC1CN(c2ccc(NC(=O)/C=C/c3cnn(-c4ccccc4)c3)cc2F)CC(C)O1. The lowest BCUT2D eigenvalue weighted by Crippen LogP contribution is -2.45. The van der Waals surface area contributed by atoms with Crippen molar-refractivity contribution in [3.05, 3.63) is 78.4 Å². The van der Waals surface area contributed by atoms with Gasteiger partial charge < -0.3 is 15.0 Å². The summed E-state index contributed by atoms with van der Waals surface area (Å²) in [4.78, 5) is 14.2. The van der Waals surface area contributed by atoms with E-state index in [4.69, 9.17) is 4.74 Å². The molecule has 1 aliphatic rings. The number of benzene rings is 2. The number of aromatic nitrogens is 2. The highest BCUT2D eigenvalue weighted by molar-refractivity contribution is 6.02. The number of halogens is 1. The van der Waals surface area contributed by atoms with Crippen molar-refractivity contribution in [2.45, 2.75) is 26.1 Å². The number of amides is 1. The number of hydrogen-bond donors (Lipinski definition) is 1. The fourth-order valence-electron chi connectivity index (χ4n) is 3.72. The van der Waals surface area contributed by atoms with E-state index in [1.807, 2.05) is 55.3 Å². The third-order valence-electron chi connectivity index (χ3n) is 5.03. The lowest BCUT2D eigenvalue weighted by Gasteiger charge is -2.37. The van der Waals surface area contributed by atoms with Crippen LogP contribution in [0.15, 0.2) is 67.0 Å². The van der Waals surface area contributed by atoms with Crippen molar-refractivity contribution in [3.63, 3.8) is 0 Å². The number of morpholine rings is 1. The molecule has 1 amide bonds. The molecule has 2 unspecified atom stereocenters. The summed E-state index contributed by atoms with van der Waals surface area (Å²) in [6, 6.07) is 14.5. The molecule has 0 bridgehead atoms. The molecule has 160 valence electrons. The van der Waals surface area contributed by atoms with E-state index in [1.165, 1.54) is 12.1 Å². The van der Waals surface area contributed by atoms with Crippen molar-refractivity contribution >= 4 is 23.4 Å². The van der Waals surface area contributed by atoms with Crippen molar-refractivity contribution < 1.29 is 13.9 Å². The molecule has 0 aliphatic carbocycles. The third kappa shape index (κ3) is 5.19. The van der Waals surface area contributed by atoms with Crippen LogP contribution in [0.2, 0.25) is 0 Å². The first-order valence-electron chi connectivity index (χ1n) is 10.3. The molecule has 2 aromatic carbocycles. The second-order valence-corrected chi connectivity index (χ2v) is 7.70. The monoisotopic (exact) mass is 420 g/mol. The molecule has 6 nitrogen and oxygen atoms in total. The van der Waals surface area contributed by atoms with Gasteiger partial charge >= 0.3 is 0 Å². The Bertz CT molecular complexity index is 1070. The Morgan fingerprint density at radius 2 is 1.90 bits per heavy atom. The molecule has 31 heavy (non-hydrogen) atoms. The van der Waals surface area contributed by atoms with E-state index in [2.05, 4.69) is 10.4 Å². The van der Waals surface area contributed by atoms with Crippen LogP contribution < -0.4 is 10.2 Å². The molecule has 1 N–H and O–H groups in total. The van der Waals surface area contributed by atoms with Gasteiger partial charge in [-0.3, -0.25) is 4.79 Å². The first-order valence-corrected chi connectivity index (χ1v) is 10.3. The molecule has 7 heteroatoms. The lowest BCUT2D eigenvalue weighted by atomic mass is 10.2. The molecular formula is C24H25FN4O2. The molecule has 0 spiro atoms. The fourth-order valence-corrected chi connectivity index (χ4v) is 3.72. The largest absolute Gasteiger partial charge is 0.372 e. The number of hydrogen-bond acceptors (Lipinski definition) is 4. The van der Waals surface area contributed by atoms with Gasteiger partial charge in [-0.15, -0.1) is 0 Å². The molecule has 1 aliphatic heterocycles. The van der Waals surface area contributed by atoms with Crippen molar-refractivity contribution in [2.75, 3.05) is 23.3 Å². The Hall–Kier alpha value is -3.45. The summed E-state index contributed by atoms with van der Waals surface area (Å²) in [5.74, 6) is -0.708. The number of nitrogens with one attached hydrogen (secondary N) is 1. The van der Waals surface area contributed by atoms with Gasteiger partial charge in [-0.05, 0) is 50.3 Å². The number of nitrogens with zero attached hydrogens (tertiary/aromatic N) is 3. The van der Waals surface area contributed by atoms with Gasteiger partial charge in [0.2, 0.25) is 5.91 Å². The molecule has 2 heterocycles. The Balaban J connectivity index is 1.39. The summed E-state index contributed by atoms with van der Waals surface area (Å²) in [7, 11) is 0. The molecule has 0 radical (unpaired) electrons. The van der Waals surface area contributed by atoms with E-state index in [0.717, 1.165) is 11.3 Å². The Labute approximate surface area is 180 Å². The number of carbonyl (C=O) groups is 1. The van der Waals surface area contributed by atoms with Crippen molar-refractivity contribution in [3.8, 4) is 5.69 Å². The van der Waals surface area contributed by atoms with Gasteiger partial charge in [-0.1, -0.05) is 18.2 Å². The zero-order valence-corrected chi connectivity index (χ0v) is 17.5. The van der Waals surface area contributed by atoms with Crippen LogP contribution >= 0.6 is 0 Å². The first-order chi connectivity index (χ1) is 15.0. The number of anilines is 2. The van der Waals surface area contributed by atoms with Gasteiger partial charge in [0, 0.05) is 36.6 Å². The predicted molar refractivity (Wildman–Crippen MR) is 120 cm³/mol. The first kappa shape index (κ1) is 20.8. The lowest BCUT2D eigenvalue weighted by molar-refractivity contribution is -0.111. The second kappa shape index (κ2) is 9.14. The summed E-state index contributed by atoms with van der Waals surface area (Å²) in [6.45, 7) is 5.22. The zero-order valence-electron chi connectivity index (χ0n) is 17.5. The normalized spacial score (nSPS) is 19.0. The molecular weight excluding hydrogens is 395 g/mol. The van der Waals surface area contributed by atoms with Crippen LogP contribution in [0.25, 0.3) is 11.8 Å². The highest BCUT2D eigenvalue weighted by atomic mass is 19.1. The minimum absolute atomic E-state index is 0.0407. The van der Waals surface area contributed by atoms with Gasteiger partial charge in [0.05, 0.1) is 29.8 Å². The summed E-state index contributed by atoms with van der Waals surface area (Å²) in [6.07, 6.45) is 6.66. The number of ether oxygens (including phenoxy) is 1. The number of rotatable bonds is 5.